The van der Waals surface area contributed by atoms with Crippen LogP contribution in [0.1, 0.15) is 23.2 Å². The molecule has 5 heteroatoms. The van der Waals surface area contributed by atoms with Crippen LogP contribution in [0.4, 0.5) is 0 Å². The molecule has 0 radical (unpaired) electrons. The first-order valence-electron chi connectivity index (χ1n) is 7.53. The van der Waals surface area contributed by atoms with E-state index in [9.17, 15) is 4.79 Å². The lowest BCUT2D eigenvalue weighted by Gasteiger charge is -2.34. The van der Waals surface area contributed by atoms with Crippen LogP contribution in [0.2, 0.25) is 5.02 Å². The zero-order valence-corrected chi connectivity index (χ0v) is 13.1. The molecular weight excluding hydrogens is 288 g/mol. The van der Waals surface area contributed by atoms with E-state index >= 15 is 0 Å². The van der Waals surface area contributed by atoms with E-state index in [0.29, 0.717) is 11.4 Å². The Morgan fingerprint density at radius 3 is 2.19 bits per heavy atom. The normalized spacial score (nSPS) is 17.0. The van der Waals surface area contributed by atoms with Crippen molar-refractivity contribution in [3.8, 4) is 0 Å². The van der Waals surface area contributed by atoms with E-state index in [1.165, 1.54) is 0 Å². The van der Waals surface area contributed by atoms with Crippen LogP contribution in [0.3, 0.4) is 0 Å². The summed E-state index contributed by atoms with van der Waals surface area (Å²) in [6.45, 7) is 6.02. The molecule has 1 N–H and O–H groups in total. The Morgan fingerprint density at radius 1 is 1.05 bits per heavy atom. The predicted molar refractivity (Wildman–Crippen MR) is 85.0 cm³/mol. The van der Waals surface area contributed by atoms with Crippen LogP contribution in [-0.2, 0) is 0 Å². The summed E-state index contributed by atoms with van der Waals surface area (Å²) in [7, 11) is 0. The van der Waals surface area contributed by atoms with Gasteiger partial charge in [-0.25, -0.2) is 0 Å². The zero-order valence-electron chi connectivity index (χ0n) is 12.3. The molecule has 0 aliphatic carbocycles. The van der Waals surface area contributed by atoms with Gasteiger partial charge < -0.3 is 10.0 Å². The topological polar surface area (TPSA) is 43.8 Å². The first-order chi connectivity index (χ1) is 10.2. The van der Waals surface area contributed by atoms with Crippen LogP contribution in [-0.4, -0.2) is 66.6 Å². The lowest BCUT2D eigenvalue weighted by atomic mass is 10.1. The number of hydrogen-bond donors (Lipinski definition) is 1. The van der Waals surface area contributed by atoms with Gasteiger partial charge in [0.05, 0.1) is 6.61 Å². The van der Waals surface area contributed by atoms with Gasteiger partial charge in [-0.05, 0) is 37.2 Å². The van der Waals surface area contributed by atoms with E-state index in [0.717, 1.165) is 51.3 Å². The van der Waals surface area contributed by atoms with E-state index in [1.54, 1.807) is 24.3 Å². The molecule has 0 aromatic heterocycles. The van der Waals surface area contributed by atoms with Crippen molar-refractivity contribution in [1.29, 1.82) is 0 Å². The summed E-state index contributed by atoms with van der Waals surface area (Å²) in [6.07, 6.45) is 1.47. The number of nitrogens with zero attached hydrogens (tertiary/aromatic N) is 2. The lowest BCUT2D eigenvalue weighted by Crippen LogP contribution is -2.47. The predicted octanol–water partition coefficient (Wildman–Crippen LogP) is 1.91. The van der Waals surface area contributed by atoms with Crippen LogP contribution >= 0.6 is 11.6 Å². The molecule has 0 amide bonds. The first-order valence-corrected chi connectivity index (χ1v) is 7.91. The van der Waals surface area contributed by atoms with Crippen LogP contribution in [0.25, 0.3) is 0 Å². The van der Waals surface area contributed by atoms with Gasteiger partial charge in [-0.2, -0.15) is 0 Å². The number of benzene rings is 1. The molecule has 1 heterocycles. The summed E-state index contributed by atoms with van der Waals surface area (Å²) in [4.78, 5) is 16.7. The molecule has 0 unspecified atom stereocenters. The molecule has 4 nitrogen and oxygen atoms in total. The number of aliphatic hydroxyl groups is 1. The molecule has 1 aromatic rings. The van der Waals surface area contributed by atoms with E-state index in [1.807, 2.05) is 0 Å². The maximum atomic E-state index is 12.0. The van der Waals surface area contributed by atoms with E-state index < -0.39 is 0 Å². The molecule has 0 saturated carbocycles. The molecular formula is C16H23ClN2O2. The second kappa shape index (κ2) is 8.49. The Morgan fingerprint density at radius 2 is 1.62 bits per heavy atom. The van der Waals surface area contributed by atoms with Gasteiger partial charge in [0.25, 0.3) is 0 Å². The minimum Gasteiger partial charge on any atom is -0.395 e. The van der Waals surface area contributed by atoms with Crippen molar-refractivity contribution in [2.45, 2.75) is 12.8 Å². The van der Waals surface area contributed by atoms with Crippen molar-refractivity contribution >= 4 is 17.4 Å². The van der Waals surface area contributed by atoms with Gasteiger partial charge in [0.1, 0.15) is 0 Å². The van der Waals surface area contributed by atoms with Crippen LogP contribution in [0.5, 0.6) is 0 Å². The smallest absolute Gasteiger partial charge is 0.162 e. The quantitative estimate of drug-likeness (QED) is 0.781. The lowest BCUT2D eigenvalue weighted by molar-refractivity contribution is 0.0949. The number of rotatable bonds is 7. The van der Waals surface area contributed by atoms with Crippen molar-refractivity contribution in [1.82, 2.24) is 9.80 Å². The van der Waals surface area contributed by atoms with Crippen molar-refractivity contribution < 1.29 is 9.90 Å². The van der Waals surface area contributed by atoms with Crippen molar-refractivity contribution in [2.24, 2.45) is 0 Å². The highest BCUT2D eigenvalue weighted by atomic mass is 35.5. The molecule has 2 rings (SSSR count). The van der Waals surface area contributed by atoms with Crippen LogP contribution in [0.15, 0.2) is 24.3 Å². The van der Waals surface area contributed by atoms with Crippen molar-refractivity contribution in [3.05, 3.63) is 34.9 Å². The number of halogens is 1. The number of carbonyl (C=O) groups excluding carboxylic acids is 1. The number of carbonyl (C=O) groups is 1. The van der Waals surface area contributed by atoms with Gasteiger partial charge in [-0.1, -0.05) is 11.6 Å². The standard InChI is InChI=1S/C16H23ClN2O2/c17-15-5-3-14(4-6-15)16(21)2-1-7-18-8-10-19(11-9-18)12-13-20/h3-6,20H,1-2,7-13H2. The monoisotopic (exact) mass is 310 g/mol. The molecule has 1 fully saturated rings. The molecule has 1 aliphatic heterocycles. The molecule has 1 saturated heterocycles. The third kappa shape index (κ3) is 5.40. The van der Waals surface area contributed by atoms with E-state index in [2.05, 4.69) is 9.80 Å². The summed E-state index contributed by atoms with van der Waals surface area (Å²) < 4.78 is 0. The Balaban J connectivity index is 1.66. The van der Waals surface area contributed by atoms with E-state index in [-0.39, 0.29) is 12.4 Å². The fraction of sp³-hybridized carbons (Fsp3) is 0.562. The second-order valence-electron chi connectivity index (χ2n) is 5.44. The average molecular weight is 311 g/mol. The summed E-state index contributed by atoms with van der Waals surface area (Å²) in [5.41, 5.74) is 0.743. The Kier molecular flexibility index (Phi) is 6.64. The van der Waals surface area contributed by atoms with Gasteiger partial charge in [-0.15, -0.1) is 0 Å². The number of aliphatic hydroxyl groups excluding tert-OH is 1. The molecule has 0 bridgehead atoms. The Labute approximate surface area is 131 Å². The maximum absolute atomic E-state index is 12.0. The third-order valence-corrected chi connectivity index (χ3v) is 4.18. The van der Waals surface area contributed by atoms with Gasteiger partial charge in [0.15, 0.2) is 5.78 Å². The highest BCUT2D eigenvalue weighted by Gasteiger charge is 2.16. The molecule has 1 aliphatic rings. The summed E-state index contributed by atoms with van der Waals surface area (Å²) in [5, 5.41) is 9.57. The average Bonchev–Trinajstić information content (AvgIpc) is 2.50. The van der Waals surface area contributed by atoms with Crippen molar-refractivity contribution in [2.75, 3.05) is 45.9 Å². The van der Waals surface area contributed by atoms with Crippen LogP contribution < -0.4 is 0 Å². The van der Waals surface area contributed by atoms with E-state index in [4.69, 9.17) is 16.7 Å². The number of Topliss-reactive ketones (excluding diaryl/α,β-unsaturated/α-hetero) is 1. The highest BCUT2D eigenvalue weighted by Crippen LogP contribution is 2.12. The Hall–Kier alpha value is -0.940. The third-order valence-electron chi connectivity index (χ3n) is 3.93. The minimum atomic E-state index is 0.186. The second-order valence-corrected chi connectivity index (χ2v) is 5.88. The van der Waals surface area contributed by atoms with Gasteiger partial charge in [-0.3, -0.25) is 9.69 Å². The number of piperazine rings is 1. The summed E-state index contributed by atoms with van der Waals surface area (Å²) in [5.74, 6) is 0.186. The maximum Gasteiger partial charge on any atom is 0.162 e. The fourth-order valence-corrected chi connectivity index (χ4v) is 2.75. The minimum absolute atomic E-state index is 0.186. The summed E-state index contributed by atoms with van der Waals surface area (Å²) in [6, 6.07) is 7.10. The van der Waals surface area contributed by atoms with Crippen molar-refractivity contribution in [3.63, 3.8) is 0 Å². The molecule has 0 atom stereocenters. The summed E-state index contributed by atoms with van der Waals surface area (Å²) >= 11 is 5.82. The highest BCUT2D eigenvalue weighted by molar-refractivity contribution is 6.30. The first kappa shape index (κ1) is 16.4. The molecule has 21 heavy (non-hydrogen) atoms. The number of hydrogen-bond acceptors (Lipinski definition) is 4. The molecule has 116 valence electrons. The molecule has 1 aromatic carbocycles. The van der Waals surface area contributed by atoms with Gasteiger partial charge in [0, 0.05) is 49.7 Å². The largest absolute Gasteiger partial charge is 0.395 e. The van der Waals surface area contributed by atoms with Crippen LogP contribution in [0, 0.1) is 0 Å². The van der Waals surface area contributed by atoms with Gasteiger partial charge in [0.2, 0.25) is 0 Å². The number of ketones is 1. The van der Waals surface area contributed by atoms with Gasteiger partial charge >= 0.3 is 0 Å². The zero-order chi connectivity index (χ0) is 15.1. The Bertz CT molecular complexity index is 442. The SMILES string of the molecule is O=C(CCCN1CCN(CCO)CC1)c1ccc(Cl)cc1. The fourth-order valence-electron chi connectivity index (χ4n) is 2.62. The number of β-amino-alcohol motifs (C(OH)–C–C–N with tert-alkyl or cyclic N) is 1. The molecule has 0 spiro atoms.